The van der Waals surface area contributed by atoms with Crippen LogP contribution in [0, 0.1) is 11.3 Å². The summed E-state index contributed by atoms with van der Waals surface area (Å²) in [6.07, 6.45) is 1.62. The van der Waals surface area contributed by atoms with Gasteiger partial charge in [-0.25, -0.2) is 0 Å². The molecule has 1 N–H and O–H groups in total. The largest absolute Gasteiger partial charge is 0.491 e. The summed E-state index contributed by atoms with van der Waals surface area (Å²) in [5.74, 6) is -4.17. The molecule has 1 heterocycles. The van der Waals surface area contributed by atoms with E-state index in [1.165, 1.54) is 0 Å². The Morgan fingerprint density at radius 2 is 1.87 bits per heavy atom. The number of aromatic nitrogens is 2. The van der Waals surface area contributed by atoms with Crippen LogP contribution in [-0.2, 0) is 4.79 Å². The Balaban J connectivity index is 2.04. The molecule has 162 valence electrons. The minimum atomic E-state index is -3.50. The minimum absolute atomic E-state index is 0.0102. The van der Waals surface area contributed by atoms with Gasteiger partial charge in [-0.15, -0.1) is 0 Å². The summed E-state index contributed by atoms with van der Waals surface area (Å²) in [5, 5.41) is 16.7. The number of hydrogen-bond acceptors (Lipinski definition) is 4. The van der Waals surface area contributed by atoms with Gasteiger partial charge in [-0.2, -0.15) is 19.1 Å². The van der Waals surface area contributed by atoms with Crippen LogP contribution in [0.5, 0.6) is 5.75 Å². The number of hydrogen-bond donors (Lipinski definition) is 1. The molecule has 0 aliphatic rings. The van der Waals surface area contributed by atoms with Crippen molar-refractivity contribution in [1.29, 1.82) is 5.26 Å². The van der Waals surface area contributed by atoms with E-state index in [1.54, 1.807) is 48.1 Å². The fourth-order valence-electron chi connectivity index (χ4n) is 3.41. The van der Waals surface area contributed by atoms with Crippen molar-refractivity contribution in [2.45, 2.75) is 51.8 Å². The van der Waals surface area contributed by atoms with Crippen molar-refractivity contribution in [3.05, 3.63) is 59.8 Å². The molecular formula is C23H24F2N4O2. The standard InChI is InChI=1S/C23H24F2N4O2/c1-14(2)31-19-8-6-17(7-9-19)21(15(3)28-22(30)23(4,24)25)29-20-10-5-16(12-26)11-18(20)13-27-29/h5-11,13-15,21H,1-4H3,(H,28,30)/t15-,21-/m0/s1. The smallest absolute Gasteiger partial charge is 0.321 e. The molecular weight excluding hydrogens is 402 g/mol. The highest BCUT2D eigenvalue weighted by Crippen LogP contribution is 2.29. The van der Waals surface area contributed by atoms with Crippen LogP contribution in [0.2, 0.25) is 0 Å². The zero-order valence-electron chi connectivity index (χ0n) is 17.8. The quantitative estimate of drug-likeness (QED) is 0.606. The molecule has 0 saturated heterocycles. The van der Waals surface area contributed by atoms with E-state index in [0.717, 1.165) is 16.5 Å². The third kappa shape index (κ3) is 5.00. The predicted molar refractivity (Wildman–Crippen MR) is 113 cm³/mol. The predicted octanol–water partition coefficient (Wildman–Crippen LogP) is 4.44. The molecule has 3 rings (SSSR count). The van der Waals surface area contributed by atoms with Crippen molar-refractivity contribution in [3.8, 4) is 11.8 Å². The molecule has 2 atom stereocenters. The maximum absolute atomic E-state index is 13.5. The number of halogens is 2. The van der Waals surface area contributed by atoms with Crippen molar-refractivity contribution >= 4 is 16.8 Å². The topological polar surface area (TPSA) is 79.9 Å². The third-order valence-electron chi connectivity index (χ3n) is 4.81. The molecule has 0 unspecified atom stereocenters. The molecule has 0 bridgehead atoms. The molecule has 0 aliphatic heterocycles. The monoisotopic (exact) mass is 426 g/mol. The van der Waals surface area contributed by atoms with Gasteiger partial charge in [0.1, 0.15) is 5.75 Å². The fraction of sp³-hybridized carbons (Fsp3) is 0.348. The molecule has 6 nitrogen and oxygen atoms in total. The number of nitriles is 1. The van der Waals surface area contributed by atoms with Crippen LogP contribution < -0.4 is 10.1 Å². The van der Waals surface area contributed by atoms with Crippen LogP contribution >= 0.6 is 0 Å². The molecule has 3 aromatic rings. The van der Waals surface area contributed by atoms with Gasteiger partial charge >= 0.3 is 5.92 Å². The molecule has 1 amide bonds. The van der Waals surface area contributed by atoms with Crippen molar-refractivity contribution in [1.82, 2.24) is 15.1 Å². The number of nitrogens with one attached hydrogen (secondary N) is 1. The van der Waals surface area contributed by atoms with Gasteiger partial charge in [-0.1, -0.05) is 12.1 Å². The van der Waals surface area contributed by atoms with E-state index in [-0.39, 0.29) is 6.10 Å². The average Bonchev–Trinajstić information content (AvgIpc) is 3.11. The zero-order chi connectivity index (χ0) is 22.8. The normalized spacial score (nSPS) is 13.6. The van der Waals surface area contributed by atoms with Crippen molar-refractivity contribution in [3.63, 3.8) is 0 Å². The van der Waals surface area contributed by atoms with Crippen molar-refractivity contribution in [2.24, 2.45) is 0 Å². The number of benzene rings is 2. The summed E-state index contributed by atoms with van der Waals surface area (Å²) in [7, 11) is 0. The number of alkyl halides is 2. The van der Waals surface area contributed by atoms with Crippen molar-refractivity contribution < 1.29 is 18.3 Å². The van der Waals surface area contributed by atoms with Crippen LogP contribution in [-0.4, -0.2) is 33.8 Å². The molecule has 0 spiro atoms. The molecule has 1 aromatic heterocycles. The number of nitrogens with zero attached hydrogens (tertiary/aromatic N) is 3. The van der Waals surface area contributed by atoms with Crippen LogP contribution in [0.4, 0.5) is 8.78 Å². The van der Waals surface area contributed by atoms with E-state index in [0.29, 0.717) is 18.2 Å². The van der Waals surface area contributed by atoms with E-state index in [4.69, 9.17) is 10.00 Å². The highest BCUT2D eigenvalue weighted by atomic mass is 19.3. The summed E-state index contributed by atoms with van der Waals surface area (Å²) in [6.45, 7) is 6.06. The Morgan fingerprint density at radius 1 is 1.19 bits per heavy atom. The SMILES string of the molecule is CC(C)Oc1ccc([C@H]([C@H](C)NC(=O)C(C)(F)F)n2ncc3cc(C#N)ccc32)cc1. The lowest BCUT2D eigenvalue weighted by atomic mass is 9.99. The number of amides is 1. The lowest BCUT2D eigenvalue weighted by molar-refractivity contribution is -0.143. The molecule has 0 aliphatic carbocycles. The van der Waals surface area contributed by atoms with Gasteiger partial charge in [-0.05, 0) is 56.7 Å². The maximum atomic E-state index is 13.5. The molecule has 0 fully saturated rings. The molecule has 8 heteroatoms. The highest BCUT2D eigenvalue weighted by Gasteiger charge is 2.35. The number of carbonyl (C=O) groups excluding carboxylic acids is 1. The van der Waals surface area contributed by atoms with E-state index >= 15 is 0 Å². The van der Waals surface area contributed by atoms with Gasteiger partial charge < -0.3 is 10.1 Å². The second-order valence-corrected chi connectivity index (χ2v) is 7.81. The lowest BCUT2D eigenvalue weighted by Crippen LogP contribution is -2.46. The molecule has 0 radical (unpaired) electrons. The van der Waals surface area contributed by atoms with E-state index in [9.17, 15) is 13.6 Å². The van der Waals surface area contributed by atoms with Gasteiger partial charge in [-0.3, -0.25) is 9.48 Å². The third-order valence-corrected chi connectivity index (χ3v) is 4.81. The highest BCUT2D eigenvalue weighted by molar-refractivity contribution is 5.83. The number of fused-ring (bicyclic) bond motifs is 1. The number of rotatable bonds is 7. The Hall–Kier alpha value is -3.47. The zero-order valence-corrected chi connectivity index (χ0v) is 17.8. The van der Waals surface area contributed by atoms with Crippen LogP contribution in [0.15, 0.2) is 48.7 Å². The van der Waals surface area contributed by atoms with Gasteiger partial charge in [0.2, 0.25) is 0 Å². The van der Waals surface area contributed by atoms with E-state index < -0.39 is 23.9 Å². The maximum Gasteiger partial charge on any atom is 0.321 e. The summed E-state index contributed by atoms with van der Waals surface area (Å²) in [4.78, 5) is 12.0. The second-order valence-electron chi connectivity index (χ2n) is 7.81. The first-order chi connectivity index (χ1) is 14.6. The Morgan fingerprint density at radius 3 is 2.45 bits per heavy atom. The summed E-state index contributed by atoms with van der Waals surface area (Å²) in [5.41, 5.74) is 1.97. The van der Waals surface area contributed by atoms with Gasteiger partial charge in [0, 0.05) is 12.3 Å². The van der Waals surface area contributed by atoms with Crippen LogP contribution in [0.1, 0.15) is 44.9 Å². The summed E-state index contributed by atoms with van der Waals surface area (Å²) < 4.78 is 34.4. The summed E-state index contributed by atoms with van der Waals surface area (Å²) in [6, 6.07) is 13.2. The van der Waals surface area contributed by atoms with Crippen LogP contribution in [0.25, 0.3) is 10.9 Å². The van der Waals surface area contributed by atoms with Gasteiger partial charge in [0.25, 0.3) is 5.91 Å². The number of carbonyl (C=O) groups is 1. The first kappa shape index (κ1) is 22.2. The molecule has 31 heavy (non-hydrogen) atoms. The fourth-order valence-corrected chi connectivity index (χ4v) is 3.41. The molecule has 2 aromatic carbocycles. The first-order valence-corrected chi connectivity index (χ1v) is 9.93. The Bertz CT molecular complexity index is 1110. The lowest BCUT2D eigenvalue weighted by Gasteiger charge is -2.28. The average molecular weight is 426 g/mol. The second kappa shape index (κ2) is 8.72. The van der Waals surface area contributed by atoms with Crippen molar-refractivity contribution in [2.75, 3.05) is 0 Å². The molecule has 0 saturated carbocycles. The first-order valence-electron chi connectivity index (χ1n) is 9.93. The Labute approximate surface area is 179 Å². The number of ether oxygens (including phenoxy) is 1. The minimum Gasteiger partial charge on any atom is -0.491 e. The van der Waals surface area contributed by atoms with E-state index in [2.05, 4.69) is 16.5 Å². The van der Waals surface area contributed by atoms with E-state index in [1.807, 2.05) is 26.0 Å². The Kier molecular flexibility index (Phi) is 6.25. The van der Waals surface area contributed by atoms with Gasteiger partial charge in [0.05, 0.1) is 41.5 Å². The van der Waals surface area contributed by atoms with Crippen LogP contribution in [0.3, 0.4) is 0 Å². The summed E-state index contributed by atoms with van der Waals surface area (Å²) >= 11 is 0. The van der Waals surface area contributed by atoms with Gasteiger partial charge in [0.15, 0.2) is 0 Å².